The number of aromatic nitrogens is 2. The minimum atomic E-state index is -0.108. The smallest absolute Gasteiger partial charge is 0.270 e. The van der Waals surface area contributed by atoms with Gasteiger partial charge in [-0.3, -0.25) is 4.79 Å². The molecule has 1 fully saturated rings. The van der Waals surface area contributed by atoms with E-state index in [0.29, 0.717) is 24.1 Å². The van der Waals surface area contributed by atoms with Gasteiger partial charge in [0.15, 0.2) is 0 Å². The summed E-state index contributed by atoms with van der Waals surface area (Å²) in [5, 5.41) is 2.87. The van der Waals surface area contributed by atoms with Crippen molar-refractivity contribution in [3.05, 3.63) is 17.5 Å². The maximum atomic E-state index is 12.0. The molecular weight excluding hydrogens is 252 g/mol. The van der Waals surface area contributed by atoms with Crippen LogP contribution < -0.4 is 10.2 Å². The Morgan fingerprint density at radius 2 is 2.30 bits per heavy atom. The summed E-state index contributed by atoms with van der Waals surface area (Å²) in [6.07, 6.45) is 3.34. The Labute approximate surface area is 120 Å². The highest BCUT2D eigenvalue weighted by molar-refractivity contribution is 5.92. The fourth-order valence-corrected chi connectivity index (χ4v) is 2.51. The number of nitrogens with one attached hydrogen (secondary N) is 1. The Balaban J connectivity index is 2.17. The van der Waals surface area contributed by atoms with Crippen LogP contribution in [0.1, 0.15) is 49.3 Å². The van der Waals surface area contributed by atoms with Crippen LogP contribution in [0.2, 0.25) is 0 Å². The lowest BCUT2D eigenvalue weighted by Gasteiger charge is -2.31. The predicted octanol–water partition coefficient (Wildman–Crippen LogP) is 2.16. The number of amides is 1. The van der Waals surface area contributed by atoms with Gasteiger partial charge < -0.3 is 10.2 Å². The second kappa shape index (κ2) is 6.68. The Bertz CT molecular complexity index is 475. The molecule has 5 heteroatoms. The molecule has 0 radical (unpaired) electrons. The van der Waals surface area contributed by atoms with Crippen LogP contribution in [0.5, 0.6) is 0 Å². The fraction of sp³-hybridized carbons (Fsp3) is 0.667. The average Bonchev–Trinajstić information content (AvgIpc) is 2.44. The van der Waals surface area contributed by atoms with Gasteiger partial charge in [-0.1, -0.05) is 13.8 Å². The molecule has 2 heterocycles. The molecule has 0 saturated carbocycles. The standard InChI is InChI=1S/C15H24N4O/c1-4-7-16-14(20)13-9-12(3)17-15(18-13)19-8-5-6-11(2)10-19/h9,11H,4-8,10H2,1-3H3,(H,16,20). The van der Waals surface area contributed by atoms with E-state index in [0.717, 1.165) is 31.6 Å². The lowest BCUT2D eigenvalue weighted by Crippen LogP contribution is -2.36. The highest BCUT2D eigenvalue weighted by atomic mass is 16.1. The van der Waals surface area contributed by atoms with Gasteiger partial charge in [0.25, 0.3) is 5.91 Å². The average molecular weight is 276 g/mol. The van der Waals surface area contributed by atoms with Crippen molar-refractivity contribution in [3.63, 3.8) is 0 Å². The largest absolute Gasteiger partial charge is 0.351 e. The van der Waals surface area contributed by atoms with Gasteiger partial charge in [-0.15, -0.1) is 0 Å². The monoisotopic (exact) mass is 276 g/mol. The maximum absolute atomic E-state index is 12.0. The summed E-state index contributed by atoms with van der Waals surface area (Å²) in [7, 11) is 0. The third kappa shape index (κ3) is 3.68. The number of carbonyl (C=O) groups is 1. The van der Waals surface area contributed by atoms with Gasteiger partial charge in [-0.05, 0) is 38.2 Å². The number of rotatable bonds is 4. The van der Waals surface area contributed by atoms with E-state index in [2.05, 4.69) is 27.1 Å². The zero-order chi connectivity index (χ0) is 14.5. The molecule has 1 aliphatic rings. The molecule has 0 bridgehead atoms. The molecule has 1 N–H and O–H groups in total. The number of hydrogen-bond donors (Lipinski definition) is 1. The topological polar surface area (TPSA) is 58.1 Å². The quantitative estimate of drug-likeness (QED) is 0.915. The van der Waals surface area contributed by atoms with Crippen molar-refractivity contribution < 1.29 is 4.79 Å². The Morgan fingerprint density at radius 3 is 3.00 bits per heavy atom. The van der Waals surface area contributed by atoms with Gasteiger partial charge in [0.1, 0.15) is 5.69 Å². The van der Waals surface area contributed by atoms with Crippen LogP contribution in [0.25, 0.3) is 0 Å². The lowest BCUT2D eigenvalue weighted by atomic mass is 10.0. The molecule has 1 aromatic rings. The molecule has 2 rings (SSSR count). The van der Waals surface area contributed by atoms with Crippen molar-refractivity contribution in [2.24, 2.45) is 5.92 Å². The van der Waals surface area contributed by atoms with Gasteiger partial charge in [-0.25, -0.2) is 9.97 Å². The summed E-state index contributed by atoms with van der Waals surface area (Å²) in [4.78, 5) is 23.2. The van der Waals surface area contributed by atoms with E-state index in [9.17, 15) is 4.79 Å². The van der Waals surface area contributed by atoms with E-state index in [1.165, 1.54) is 6.42 Å². The number of nitrogens with zero attached hydrogens (tertiary/aromatic N) is 3. The first-order valence-electron chi connectivity index (χ1n) is 7.49. The van der Waals surface area contributed by atoms with Crippen molar-refractivity contribution in [2.75, 3.05) is 24.5 Å². The van der Waals surface area contributed by atoms with Gasteiger partial charge in [0.05, 0.1) is 0 Å². The van der Waals surface area contributed by atoms with Crippen LogP contribution in [-0.2, 0) is 0 Å². The molecule has 1 saturated heterocycles. The summed E-state index contributed by atoms with van der Waals surface area (Å²) in [5.41, 5.74) is 1.31. The normalized spacial score (nSPS) is 18.9. The first kappa shape index (κ1) is 14.8. The van der Waals surface area contributed by atoms with E-state index in [1.807, 2.05) is 13.8 Å². The van der Waals surface area contributed by atoms with Gasteiger partial charge in [-0.2, -0.15) is 0 Å². The van der Waals surface area contributed by atoms with Crippen LogP contribution in [0, 0.1) is 12.8 Å². The molecule has 1 unspecified atom stereocenters. The summed E-state index contributed by atoms with van der Waals surface area (Å²) < 4.78 is 0. The highest BCUT2D eigenvalue weighted by Crippen LogP contribution is 2.20. The van der Waals surface area contributed by atoms with Gasteiger partial charge in [0.2, 0.25) is 5.95 Å². The number of hydrogen-bond acceptors (Lipinski definition) is 4. The van der Waals surface area contributed by atoms with E-state index in [4.69, 9.17) is 0 Å². The second-order valence-corrected chi connectivity index (χ2v) is 5.64. The Kier molecular flexibility index (Phi) is 4.93. The minimum absolute atomic E-state index is 0.108. The summed E-state index contributed by atoms with van der Waals surface area (Å²) >= 11 is 0. The number of piperidine rings is 1. The van der Waals surface area contributed by atoms with Crippen molar-refractivity contribution in [1.82, 2.24) is 15.3 Å². The summed E-state index contributed by atoms with van der Waals surface area (Å²) in [6, 6.07) is 1.75. The van der Waals surface area contributed by atoms with E-state index < -0.39 is 0 Å². The molecule has 0 spiro atoms. The Morgan fingerprint density at radius 1 is 1.50 bits per heavy atom. The highest BCUT2D eigenvalue weighted by Gasteiger charge is 2.20. The molecule has 0 aliphatic carbocycles. The van der Waals surface area contributed by atoms with E-state index >= 15 is 0 Å². The zero-order valence-electron chi connectivity index (χ0n) is 12.6. The molecule has 1 atom stereocenters. The van der Waals surface area contributed by atoms with E-state index in [1.54, 1.807) is 6.07 Å². The molecule has 1 aromatic heterocycles. The van der Waals surface area contributed by atoms with Crippen molar-refractivity contribution in [1.29, 1.82) is 0 Å². The molecule has 5 nitrogen and oxygen atoms in total. The third-order valence-corrected chi connectivity index (χ3v) is 3.55. The number of carbonyl (C=O) groups excluding carboxylic acids is 1. The first-order chi connectivity index (χ1) is 9.60. The molecule has 1 amide bonds. The second-order valence-electron chi connectivity index (χ2n) is 5.64. The molecular formula is C15H24N4O. The van der Waals surface area contributed by atoms with Crippen molar-refractivity contribution >= 4 is 11.9 Å². The summed E-state index contributed by atoms with van der Waals surface area (Å²) in [5.74, 6) is 1.24. The van der Waals surface area contributed by atoms with Crippen LogP contribution in [0.4, 0.5) is 5.95 Å². The summed E-state index contributed by atoms with van der Waals surface area (Å²) in [6.45, 7) is 8.82. The minimum Gasteiger partial charge on any atom is -0.351 e. The molecule has 20 heavy (non-hydrogen) atoms. The maximum Gasteiger partial charge on any atom is 0.270 e. The molecule has 0 aromatic carbocycles. The third-order valence-electron chi connectivity index (χ3n) is 3.55. The zero-order valence-corrected chi connectivity index (χ0v) is 12.6. The molecule has 110 valence electrons. The van der Waals surface area contributed by atoms with Crippen LogP contribution in [0.3, 0.4) is 0 Å². The first-order valence-corrected chi connectivity index (χ1v) is 7.49. The SMILES string of the molecule is CCCNC(=O)c1cc(C)nc(N2CCCC(C)C2)n1. The number of anilines is 1. The lowest BCUT2D eigenvalue weighted by molar-refractivity contribution is 0.0948. The van der Waals surface area contributed by atoms with Crippen molar-refractivity contribution in [2.45, 2.75) is 40.0 Å². The molecule has 1 aliphatic heterocycles. The Hall–Kier alpha value is -1.65. The van der Waals surface area contributed by atoms with Crippen molar-refractivity contribution in [3.8, 4) is 0 Å². The van der Waals surface area contributed by atoms with Gasteiger partial charge in [0, 0.05) is 25.3 Å². The fourth-order valence-electron chi connectivity index (χ4n) is 2.51. The van der Waals surface area contributed by atoms with Crippen LogP contribution >= 0.6 is 0 Å². The number of aryl methyl sites for hydroxylation is 1. The van der Waals surface area contributed by atoms with Crippen LogP contribution in [-0.4, -0.2) is 35.5 Å². The van der Waals surface area contributed by atoms with Crippen LogP contribution in [0.15, 0.2) is 6.07 Å². The van der Waals surface area contributed by atoms with Gasteiger partial charge >= 0.3 is 0 Å². The van der Waals surface area contributed by atoms with E-state index in [-0.39, 0.29) is 5.91 Å². The predicted molar refractivity (Wildman–Crippen MR) is 80.0 cm³/mol.